The molecule has 0 saturated carbocycles. The molecule has 0 spiro atoms. The van der Waals surface area contributed by atoms with Gasteiger partial charge in [-0.1, -0.05) is 35.0 Å². The lowest BCUT2D eigenvalue weighted by molar-refractivity contribution is 0.464. The van der Waals surface area contributed by atoms with Crippen molar-refractivity contribution >= 4 is 27.3 Å². The minimum Gasteiger partial charge on any atom is -0.301 e. The third-order valence-corrected chi connectivity index (χ3v) is 6.02. The summed E-state index contributed by atoms with van der Waals surface area (Å²) in [5, 5.41) is 4.94. The van der Waals surface area contributed by atoms with Gasteiger partial charge in [-0.05, 0) is 43.4 Å². The van der Waals surface area contributed by atoms with E-state index in [9.17, 15) is 0 Å². The Labute approximate surface area is 132 Å². The van der Waals surface area contributed by atoms with Gasteiger partial charge in [-0.15, -0.1) is 11.3 Å². The van der Waals surface area contributed by atoms with E-state index >= 15 is 0 Å². The minimum atomic E-state index is 0.315. The SMILES string of the molecule is CCc1cnc(C(C)NC2CCc3c(Br)cccc32)s1. The summed E-state index contributed by atoms with van der Waals surface area (Å²) in [6.07, 6.45) is 5.41. The van der Waals surface area contributed by atoms with Crippen LogP contribution in [0, 0.1) is 0 Å². The van der Waals surface area contributed by atoms with Crippen molar-refractivity contribution in [2.24, 2.45) is 0 Å². The molecule has 0 radical (unpaired) electrons. The van der Waals surface area contributed by atoms with Crippen LogP contribution in [0.15, 0.2) is 28.9 Å². The van der Waals surface area contributed by atoms with Gasteiger partial charge >= 0.3 is 0 Å². The number of fused-ring (bicyclic) bond motifs is 1. The summed E-state index contributed by atoms with van der Waals surface area (Å²) in [4.78, 5) is 5.91. The van der Waals surface area contributed by atoms with Gasteiger partial charge in [-0.3, -0.25) is 0 Å². The number of nitrogens with one attached hydrogen (secondary N) is 1. The van der Waals surface area contributed by atoms with E-state index in [1.807, 2.05) is 17.5 Å². The average molecular weight is 351 g/mol. The minimum absolute atomic E-state index is 0.315. The fraction of sp³-hybridized carbons (Fsp3) is 0.438. The summed E-state index contributed by atoms with van der Waals surface area (Å²) in [6, 6.07) is 7.28. The van der Waals surface area contributed by atoms with Crippen LogP contribution in [0.25, 0.3) is 0 Å². The Balaban J connectivity index is 1.75. The van der Waals surface area contributed by atoms with E-state index < -0.39 is 0 Å². The lowest BCUT2D eigenvalue weighted by atomic mass is 10.1. The molecule has 0 fully saturated rings. The molecule has 2 atom stereocenters. The van der Waals surface area contributed by atoms with Crippen molar-refractivity contribution in [2.45, 2.75) is 45.2 Å². The van der Waals surface area contributed by atoms with Crippen molar-refractivity contribution in [2.75, 3.05) is 0 Å². The van der Waals surface area contributed by atoms with Crippen LogP contribution < -0.4 is 5.32 Å². The monoisotopic (exact) mass is 350 g/mol. The number of halogens is 1. The molecule has 0 aliphatic heterocycles. The van der Waals surface area contributed by atoms with Crippen molar-refractivity contribution in [3.63, 3.8) is 0 Å². The molecular formula is C16H19BrN2S. The highest BCUT2D eigenvalue weighted by Gasteiger charge is 2.25. The van der Waals surface area contributed by atoms with Crippen molar-refractivity contribution in [1.82, 2.24) is 10.3 Å². The van der Waals surface area contributed by atoms with Crippen molar-refractivity contribution in [3.8, 4) is 0 Å². The molecule has 1 aliphatic carbocycles. The van der Waals surface area contributed by atoms with E-state index in [1.165, 1.54) is 31.9 Å². The lowest BCUT2D eigenvalue weighted by Crippen LogP contribution is -2.22. The molecule has 1 aromatic carbocycles. The van der Waals surface area contributed by atoms with Crippen molar-refractivity contribution < 1.29 is 0 Å². The number of benzene rings is 1. The molecule has 20 heavy (non-hydrogen) atoms. The van der Waals surface area contributed by atoms with Crippen molar-refractivity contribution in [1.29, 1.82) is 0 Å². The van der Waals surface area contributed by atoms with Crippen LogP contribution in [-0.4, -0.2) is 4.98 Å². The number of rotatable bonds is 4. The average Bonchev–Trinajstić information content (AvgIpc) is 3.07. The molecule has 0 amide bonds. The van der Waals surface area contributed by atoms with E-state index in [2.05, 4.69) is 58.3 Å². The predicted octanol–water partition coefficient (Wildman–Crippen LogP) is 4.81. The van der Waals surface area contributed by atoms with Crippen LogP contribution in [0.2, 0.25) is 0 Å². The smallest absolute Gasteiger partial charge is 0.109 e. The first-order chi connectivity index (χ1) is 9.69. The first-order valence-electron chi connectivity index (χ1n) is 7.17. The second kappa shape index (κ2) is 5.96. The molecule has 1 aliphatic rings. The summed E-state index contributed by atoms with van der Waals surface area (Å²) in [5.41, 5.74) is 2.91. The number of hydrogen-bond donors (Lipinski definition) is 1. The largest absolute Gasteiger partial charge is 0.301 e. The quantitative estimate of drug-likeness (QED) is 0.855. The van der Waals surface area contributed by atoms with Crippen molar-refractivity contribution in [3.05, 3.63) is 49.9 Å². The van der Waals surface area contributed by atoms with Crippen LogP contribution in [-0.2, 0) is 12.8 Å². The molecule has 1 heterocycles. The predicted molar refractivity (Wildman–Crippen MR) is 88.2 cm³/mol. The fourth-order valence-corrected chi connectivity index (χ4v) is 4.29. The zero-order valence-corrected chi connectivity index (χ0v) is 14.2. The molecule has 2 unspecified atom stereocenters. The normalized spacial score (nSPS) is 19.1. The maximum Gasteiger partial charge on any atom is 0.109 e. The maximum absolute atomic E-state index is 4.55. The van der Waals surface area contributed by atoms with Gasteiger partial charge in [0.2, 0.25) is 0 Å². The van der Waals surface area contributed by atoms with Crippen LogP contribution in [0.4, 0.5) is 0 Å². The van der Waals surface area contributed by atoms with Crippen LogP contribution in [0.5, 0.6) is 0 Å². The summed E-state index contributed by atoms with van der Waals surface area (Å²) >= 11 is 5.49. The highest BCUT2D eigenvalue weighted by atomic mass is 79.9. The second-order valence-electron chi connectivity index (χ2n) is 5.31. The Bertz CT molecular complexity index is 608. The molecule has 106 valence electrons. The number of aromatic nitrogens is 1. The summed E-state index contributed by atoms with van der Waals surface area (Å²) in [7, 11) is 0. The first kappa shape index (κ1) is 14.2. The number of hydrogen-bond acceptors (Lipinski definition) is 3. The molecule has 4 heteroatoms. The van der Waals surface area contributed by atoms with Gasteiger partial charge in [-0.2, -0.15) is 0 Å². The third kappa shape index (κ3) is 2.69. The summed E-state index contributed by atoms with van der Waals surface area (Å²) in [6.45, 7) is 4.40. The molecule has 3 rings (SSSR count). The van der Waals surface area contributed by atoms with Gasteiger partial charge in [0, 0.05) is 21.6 Å². The Morgan fingerprint density at radius 2 is 2.35 bits per heavy atom. The van der Waals surface area contributed by atoms with Gasteiger partial charge in [-0.25, -0.2) is 4.98 Å². The summed E-state index contributed by atoms with van der Waals surface area (Å²) in [5.74, 6) is 0. The molecule has 1 N–H and O–H groups in total. The Kier molecular flexibility index (Phi) is 4.24. The van der Waals surface area contributed by atoms with E-state index in [0.29, 0.717) is 12.1 Å². The Hall–Kier alpha value is -0.710. The Morgan fingerprint density at radius 3 is 3.10 bits per heavy atom. The van der Waals surface area contributed by atoms with Crippen LogP contribution in [0.3, 0.4) is 0 Å². The van der Waals surface area contributed by atoms with Gasteiger partial charge in [0.05, 0.1) is 6.04 Å². The molecule has 2 nitrogen and oxygen atoms in total. The van der Waals surface area contributed by atoms with Gasteiger partial charge in [0.1, 0.15) is 5.01 Å². The Morgan fingerprint density at radius 1 is 1.50 bits per heavy atom. The highest BCUT2D eigenvalue weighted by molar-refractivity contribution is 9.10. The van der Waals surface area contributed by atoms with Gasteiger partial charge < -0.3 is 5.32 Å². The zero-order chi connectivity index (χ0) is 14.1. The number of nitrogens with zero attached hydrogens (tertiary/aromatic N) is 1. The topological polar surface area (TPSA) is 24.9 Å². The standard InChI is InChI=1S/C16H19BrN2S/c1-3-11-9-18-16(20-11)10(2)19-15-8-7-12-13(15)5-4-6-14(12)17/h4-6,9-10,15,19H,3,7-8H2,1-2H3. The first-order valence-corrected chi connectivity index (χ1v) is 8.78. The lowest BCUT2D eigenvalue weighted by Gasteiger charge is -2.19. The number of aryl methyl sites for hydroxylation is 1. The molecule has 0 bridgehead atoms. The van der Waals surface area contributed by atoms with E-state index in [4.69, 9.17) is 0 Å². The molecule has 1 aromatic heterocycles. The molecule has 2 aromatic rings. The zero-order valence-electron chi connectivity index (χ0n) is 11.8. The fourth-order valence-electron chi connectivity index (χ4n) is 2.84. The second-order valence-corrected chi connectivity index (χ2v) is 7.31. The number of thiazole rings is 1. The van der Waals surface area contributed by atoms with Gasteiger partial charge in [0.15, 0.2) is 0 Å². The van der Waals surface area contributed by atoms with E-state index in [1.54, 1.807) is 0 Å². The maximum atomic E-state index is 4.55. The van der Waals surface area contributed by atoms with E-state index in [0.717, 1.165) is 12.8 Å². The van der Waals surface area contributed by atoms with E-state index in [-0.39, 0.29) is 0 Å². The van der Waals surface area contributed by atoms with Gasteiger partial charge in [0.25, 0.3) is 0 Å². The molecule has 0 saturated heterocycles. The highest BCUT2D eigenvalue weighted by Crippen LogP contribution is 2.37. The summed E-state index contributed by atoms with van der Waals surface area (Å²) < 4.78 is 1.24. The molecular weight excluding hydrogens is 332 g/mol. The van der Waals surface area contributed by atoms with Crippen LogP contribution >= 0.6 is 27.3 Å². The third-order valence-electron chi connectivity index (χ3n) is 3.96. The van der Waals surface area contributed by atoms with Crippen LogP contribution in [0.1, 0.15) is 53.4 Å².